The van der Waals surface area contributed by atoms with Crippen molar-refractivity contribution >= 4 is 29.0 Å². The molecule has 0 saturated carbocycles. The van der Waals surface area contributed by atoms with Gasteiger partial charge in [-0.1, -0.05) is 23.9 Å². The van der Waals surface area contributed by atoms with Gasteiger partial charge in [-0.3, -0.25) is 24.7 Å². The van der Waals surface area contributed by atoms with Gasteiger partial charge in [0.05, 0.1) is 4.92 Å². The summed E-state index contributed by atoms with van der Waals surface area (Å²) in [4.78, 5) is 39.0. The Balaban J connectivity index is 2.10. The van der Waals surface area contributed by atoms with Crippen molar-refractivity contribution in [3.63, 3.8) is 0 Å². The molecule has 1 aromatic heterocycles. The molecule has 10 heteroatoms. The van der Waals surface area contributed by atoms with E-state index in [9.17, 15) is 24.8 Å². The normalized spacial score (nSPS) is 10.3. The molecular weight excluding hydrogens is 324 g/mol. The molecule has 0 unspecified atom stereocenters. The number of aromatic nitrogens is 2. The molecule has 0 spiro atoms. The average molecular weight is 336 g/mol. The van der Waals surface area contributed by atoms with Gasteiger partial charge in [0, 0.05) is 24.8 Å². The number of amides is 1. The minimum absolute atomic E-state index is 0.0115. The molecule has 1 amide bonds. The second-order valence-corrected chi connectivity index (χ2v) is 5.43. The number of rotatable bonds is 5. The Morgan fingerprint density at radius 1 is 1.43 bits per heavy atom. The first kappa shape index (κ1) is 16.5. The number of nitro benzene ring substituents is 1. The van der Waals surface area contributed by atoms with E-state index in [0.717, 1.165) is 17.3 Å². The lowest BCUT2D eigenvalue weighted by Crippen LogP contribution is -2.18. The molecule has 120 valence electrons. The van der Waals surface area contributed by atoms with Crippen LogP contribution in [0.2, 0.25) is 0 Å². The molecule has 0 aliphatic carbocycles. The topological polar surface area (TPSA) is 138 Å². The SMILES string of the molecule is CC(=O)Nc1c(O)nc(SCc2ccc([N+](=O)[O-])cc2)[nH]c1=O. The summed E-state index contributed by atoms with van der Waals surface area (Å²) in [6.45, 7) is 1.20. The maximum absolute atomic E-state index is 11.8. The summed E-state index contributed by atoms with van der Waals surface area (Å²) >= 11 is 1.13. The van der Waals surface area contributed by atoms with Crippen LogP contribution >= 0.6 is 11.8 Å². The Kier molecular flexibility index (Phi) is 4.96. The van der Waals surface area contributed by atoms with Gasteiger partial charge in [-0.25, -0.2) is 0 Å². The van der Waals surface area contributed by atoms with E-state index in [-0.39, 0.29) is 16.5 Å². The lowest BCUT2D eigenvalue weighted by Gasteiger charge is -2.06. The number of H-pyrrole nitrogens is 1. The van der Waals surface area contributed by atoms with Gasteiger partial charge in [-0.05, 0) is 5.56 Å². The van der Waals surface area contributed by atoms with Crippen LogP contribution in [-0.4, -0.2) is 25.9 Å². The van der Waals surface area contributed by atoms with E-state index in [2.05, 4.69) is 15.3 Å². The number of carbonyl (C=O) groups is 1. The molecule has 0 aliphatic heterocycles. The van der Waals surface area contributed by atoms with Crippen molar-refractivity contribution < 1.29 is 14.8 Å². The molecule has 3 N–H and O–H groups in total. The van der Waals surface area contributed by atoms with Crippen LogP contribution in [0, 0.1) is 10.1 Å². The predicted octanol–water partition coefficient (Wildman–Crippen LogP) is 1.63. The molecule has 0 bridgehead atoms. The molecule has 2 rings (SSSR count). The number of thioether (sulfide) groups is 1. The third-order valence-electron chi connectivity index (χ3n) is 2.70. The van der Waals surface area contributed by atoms with Crippen molar-refractivity contribution in [2.75, 3.05) is 5.32 Å². The second kappa shape index (κ2) is 6.92. The summed E-state index contributed by atoms with van der Waals surface area (Å²) in [7, 11) is 0. The van der Waals surface area contributed by atoms with E-state index >= 15 is 0 Å². The molecule has 0 saturated heterocycles. The van der Waals surface area contributed by atoms with Crippen molar-refractivity contribution in [1.29, 1.82) is 0 Å². The first-order valence-corrected chi connectivity index (χ1v) is 7.32. The molecular formula is C13H12N4O5S. The Bertz CT molecular complexity index is 803. The number of nitrogens with zero attached hydrogens (tertiary/aromatic N) is 2. The Hall–Kier alpha value is -2.88. The van der Waals surface area contributed by atoms with Crippen LogP contribution in [0.3, 0.4) is 0 Å². The van der Waals surface area contributed by atoms with Gasteiger partial charge >= 0.3 is 0 Å². The zero-order valence-corrected chi connectivity index (χ0v) is 12.7. The summed E-state index contributed by atoms with van der Waals surface area (Å²) in [5, 5.41) is 22.6. The van der Waals surface area contributed by atoms with Crippen molar-refractivity contribution in [2.45, 2.75) is 17.8 Å². The van der Waals surface area contributed by atoms with Gasteiger partial charge in [0.1, 0.15) is 0 Å². The summed E-state index contributed by atoms with van der Waals surface area (Å²) in [5.41, 5.74) is -0.202. The van der Waals surface area contributed by atoms with Crippen LogP contribution in [-0.2, 0) is 10.5 Å². The zero-order valence-electron chi connectivity index (χ0n) is 11.9. The number of carbonyl (C=O) groups excluding carboxylic acids is 1. The number of hydrogen-bond donors (Lipinski definition) is 3. The fraction of sp³-hybridized carbons (Fsp3) is 0.154. The summed E-state index contributed by atoms with van der Waals surface area (Å²) < 4.78 is 0. The van der Waals surface area contributed by atoms with Gasteiger partial charge in [0.2, 0.25) is 11.8 Å². The highest BCUT2D eigenvalue weighted by Gasteiger charge is 2.12. The Morgan fingerprint density at radius 2 is 2.09 bits per heavy atom. The van der Waals surface area contributed by atoms with Crippen LogP contribution in [0.5, 0.6) is 5.88 Å². The van der Waals surface area contributed by atoms with E-state index in [1.54, 1.807) is 12.1 Å². The molecule has 1 heterocycles. The zero-order chi connectivity index (χ0) is 17.0. The number of anilines is 1. The van der Waals surface area contributed by atoms with E-state index in [1.807, 2.05) is 0 Å². The lowest BCUT2D eigenvalue weighted by molar-refractivity contribution is -0.384. The standard InChI is InChI=1S/C13H12N4O5S/c1-7(18)14-10-11(19)15-13(16-12(10)20)23-6-8-2-4-9(5-3-8)17(21)22/h2-5H,6H2,1H3,(H,14,18)(H2,15,16,19,20). The number of nitro groups is 1. The molecule has 23 heavy (non-hydrogen) atoms. The van der Waals surface area contributed by atoms with Gasteiger partial charge in [0.15, 0.2) is 10.8 Å². The maximum atomic E-state index is 11.8. The van der Waals surface area contributed by atoms with Crippen LogP contribution in [0.1, 0.15) is 12.5 Å². The van der Waals surface area contributed by atoms with Gasteiger partial charge in [-0.15, -0.1) is 0 Å². The third kappa shape index (κ3) is 4.30. The first-order chi connectivity index (χ1) is 10.9. The van der Waals surface area contributed by atoms with Crippen molar-refractivity contribution in [2.24, 2.45) is 0 Å². The summed E-state index contributed by atoms with van der Waals surface area (Å²) in [5.74, 6) is -0.686. The Morgan fingerprint density at radius 3 is 2.61 bits per heavy atom. The predicted molar refractivity (Wildman–Crippen MR) is 83.5 cm³/mol. The number of aromatic amines is 1. The third-order valence-corrected chi connectivity index (χ3v) is 3.65. The van der Waals surface area contributed by atoms with Crippen molar-refractivity contribution in [1.82, 2.24) is 9.97 Å². The number of nitrogens with one attached hydrogen (secondary N) is 2. The number of benzene rings is 1. The highest BCUT2D eigenvalue weighted by Crippen LogP contribution is 2.23. The molecule has 1 aromatic carbocycles. The van der Waals surface area contributed by atoms with E-state index in [4.69, 9.17) is 0 Å². The second-order valence-electron chi connectivity index (χ2n) is 4.46. The quantitative estimate of drug-likeness (QED) is 0.326. The maximum Gasteiger partial charge on any atom is 0.279 e. The summed E-state index contributed by atoms with van der Waals surface area (Å²) in [6, 6.07) is 5.94. The lowest BCUT2D eigenvalue weighted by atomic mass is 10.2. The largest absolute Gasteiger partial charge is 0.492 e. The first-order valence-electron chi connectivity index (χ1n) is 6.34. The van der Waals surface area contributed by atoms with E-state index in [1.165, 1.54) is 19.1 Å². The molecule has 0 aliphatic rings. The number of hydrogen-bond acceptors (Lipinski definition) is 7. The van der Waals surface area contributed by atoms with Crippen molar-refractivity contribution in [3.8, 4) is 5.88 Å². The van der Waals surface area contributed by atoms with Crippen LogP contribution in [0.15, 0.2) is 34.2 Å². The highest BCUT2D eigenvalue weighted by molar-refractivity contribution is 7.98. The highest BCUT2D eigenvalue weighted by atomic mass is 32.2. The smallest absolute Gasteiger partial charge is 0.279 e. The molecule has 0 radical (unpaired) electrons. The van der Waals surface area contributed by atoms with Crippen LogP contribution in [0.25, 0.3) is 0 Å². The average Bonchev–Trinajstić information content (AvgIpc) is 2.49. The minimum Gasteiger partial charge on any atom is -0.492 e. The van der Waals surface area contributed by atoms with Crippen LogP contribution in [0.4, 0.5) is 11.4 Å². The van der Waals surface area contributed by atoms with Crippen molar-refractivity contribution in [3.05, 3.63) is 50.3 Å². The van der Waals surface area contributed by atoms with Gasteiger partial charge < -0.3 is 10.4 Å². The molecule has 0 atom stereocenters. The number of non-ortho nitro benzene ring substituents is 1. The fourth-order valence-corrected chi connectivity index (χ4v) is 2.48. The van der Waals surface area contributed by atoms with Gasteiger partial charge in [0.25, 0.3) is 11.2 Å². The Labute approximate surface area is 133 Å². The summed E-state index contributed by atoms with van der Waals surface area (Å²) in [6.07, 6.45) is 0. The molecule has 0 fully saturated rings. The monoisotopic (exact) mass is 336 g/mol. The number of aromatic hydroxyl groups is 1. The molecule has 9 nitrogen and oxygen atoms in total. The van der Waals surface area contributed by atoms with E-state index in [0.29, 0.717) is 5.75 Å². The minimum atomic E-state index is -0.668. The van der Waals surface area contributed by atoms with E-state index < -0.39 is 22.3 Å². The molecule has 2 aromatic rings. The fourth-order valence-electron chi connectivity index (χ4n) is 1.66. The van der Waals surface area contributed by atoms with Gasteiger partial charge in [-0.2, -0.15) is 4.98 Å². The van der Waals surface area contributed by atoms with Crippen LogP contribution < -0.4 is 10.9 Å².